The largest absolute Gasteiger partial charge is 0.468 e. The van der Waals surface area contributed by atoms with Crippen LogP contribution in [0.15, 0.2) is 82.7 Å². The van der Waals surface area contributed by atoms with Crippen LogP contribution in [0.1, 0.15) is 5.69 Å². The van der Waals surface area contributed by atoms with Gasteiger partial charge in [0.25, 0.3) is 0 Å². The molecule has 3 heterocycles. The average Bonchev–Trinajstić information content (AvgIpc) is 3.58. The van der Waals surface area contributed by atoms with Crippen LogP contribution in [0.4, 0.5) is 15.9 Å². The van der Waals surface area contributed by atoms with Crippen LogP contribution < -0.4 is 15.0 Å². The highest BCUT2D eigenvalue weighted by Gasteiger charge is 2.20. The third kappa shape index (κ3) is 5.64. The Balaban J connectivity index is 1.35. The predicted octanol–water partition coefficient (Wildman–Crippen LogP) is 4.55. The summed E-state index contributed by atoms with van der Waals surface area (Å²) in [4.78, 5) is 16.3. The van der Waals surface area contributed by atoms with Crippen LogP contribution in [0.5, 0.6) is 5.75 Å². The summed E-state index contributed by atoms with van der Waals surface area (Å²) in [7, 11) is 0. The Morgan fingerprint density at radius 2 is 1.97 bits per heavy atom. The number of anilines is 2. The van der Waals surface area contributed by atoms with Gasteiger partial charge in [-0.2, -0.15) is 5.10 Å². The molecule has 0 radical (unpaired) electrons. The first-order chi connectivity index (χ1) is 18.1. The van der Waals surface area contributed by atoms with Gasteiger partial charge >= 0.3 is 0 Å². The van der Waals surface area contributed by atoms with E-state index in [1.807, 2.05) is 37.3 Å². The fourth-order valence-corrected chi connectivity index (χ4v) is 4.28. The van der Waals surface area contributed by atoms with Gasteiger partial charge in [0, 0.05) is 66.8 Å². The van der Waals surface area contributed by atoms with E-state index in [0.717, 1.165) is 37.4 Å². The zero-order valence-corrected chi connectivity index (χ0v) is 20.6. The Morgan fingerprint density at radius 1 is 1.16 bits per heavy atom. The second kappa shape index (κ2) is 11.0. The van der Waals surface area contributed by atoms with Crippen molar-refractivity contribution in [3.8, 4) is 5.75 Å². The first kappa shape index (κ1) is 24.1. The SMILES string of the molecule is C=N/C(=C\C(=N/COc1ccc2[nH]ccc2c1F)N1CCN(c2ccccc2)CC1)Nc1cc(C)[nH]n1. The molecule has 0 aliphatic carbocycles. The number of H-pyrrole nitrogens is 2. The van der Waals surface area contributed by atoms with E-state index in [1.54, 1.807) is 24.4 Å². The summed E-state index contributed by atoms with van der Waals surface area (Å²) in [6, 6.07) is 17.3. The van der Waals surface area contributed by atoms with Gasteiger partial charge in [0.2, 0.25) is 0 Å². The standard InChI is InChI=1S/C27H29FN8O/c1-19-16-25(34-33-19)32-24(29-2)17-26(36-14-12-35(13-15-36)20-6-4-3-5-7-20)31-18-37-23-9-8-22-21(27(23)28)10-11-30-22/h3-11,16-17,30H,2,12-15,18H2,1H3,(H2,32,33,34)/b24-17+,31-26+. The number of aromatic amines is 2. The molecule has 0 amide bonds. The molecule has 5 rings (SSSR count). The Labute approximate surface area is 214 Å². The van der Waals surface area contributed by atoms with Gasteiger partial charge in [0.15, 0.2) is 24.1 Å². The van der Waals surface area contributed by atoms with Gasteiger partial charge in [-0.15, -0.1) is 0 Å². The van der Waals surface area contributed by atoms with Crippen molar-refractivity contribution in [1.82, 2.24) is 20.1 Å². The number of benzene rings is 2. The number of amidine groups is 1. The maximum absolute atomic E-state index is 14.8. The van der Waals surface area contributed by atoms with E-state index in [9.17, 15) is 4.39 Å². The van der Waals surface area contributed by atoms with Crippen molar-refractivity contribution in [3.05, 3.63) is 84.2 Å². The molecule has 2 aromatic carbocycles. The summed E-state index contributed by atoms with van der Waals surface area (Å²) < 4.78 is 20.6. The van der Waals surface area contributed by atoms with Gasteiger partial charge in [-0.05, 0) is 44.0 Å². The van der Waals surface area contributed by atoms with Crippen LogP contribution in [-0.4, -0.2) is 65.5 Å². The molecule has 37 heavy (non-hydrogen) atoms. The van der Waals surface area contributed by atoms with Crippen LogP contribution in [0.3, 0.4) is 0 Å². The number of fused-ring (bicyclic) bond motifs is 1. The van der Waals surface area contributed by atoms with Crippen molar-refractivity contribution in [1.29, 1.82) is 0 Å². The van der Waals surface area contributed by atoms with Crippen LogP contribution >= 0.6 is 0 Å². The quantitative estimate of drug-likeness (QED) is 0.244. The molecule has 1 saturated heterocycles. The van der Waals surface area contributed by atoms with Crippen molar-refractivity contribution in [3.63, 3.8) is 0 Å². The Kier molecular flexibility index (Phi) is 7.16. The van der Waals surface area contributed by atoms with E-state index in [-0.39, 0.29) is 12.5 Å². The number of aromatic nitrogens is 3. The van der Waals surface area contributed by atoms with Crippen LogP contribution in [0, 0.1) is 12.7 Å². The number of para-hydroxylation sites is 1. The highest BCUT2D eigenvalue weighted by atomic mass is 19.1. The molecule has 1 fully saturated rings. The molecule has 3 N–H and O–H groups in total. The van der Waals surface area contributed by atoms with Crippen molar-refractivity contribution >= 4 is 35.0 Å². The molecule has 10 heteroatoms. The lowest BCUT2D eigenvalue weighted by Crippen LogP contribution is -2.48. The molecule has 0 bridgehead atoms. The maximum atomic E-state index is 14.8. The van der Waals surface area contributed by atoms with Gasteiger partial charge in [-0.3, -0.25) is 5.10 Å². The van der Waals surface area contributed by atoms with E-state index in [0.29, 0.717) is 22.9 Å². The summed E-state index contributed by atoms with van der Waals surface area (Å²) in [5, 5.41) is 10.7. The predicted molar refractivity (Wildman–Crippen MR) is 146 cm³/mol. The number of hydrogen-bond acceptors (Lipinski definition) is 6. The number of nitrogens with zero attached hydrogens (tertiary/aromatic N) is 5. The topological polar surface area (TPSA) is 96.9 Å². The summed E-state index contributed by atoms with van der Waals surface area (Å²) in [5.41, 5.74) is 2.83. The molecule has 0 saturated carbocycles. The highest BCUT2D eigenvalue weighted by molar-refractivity contribution is 5.94. The molecule has 0 atom stereocenters. The maximum Gasteiger partial charge on any atom is 0.181 e. The lowest BCUT2D eigenvalue weighted by atomic mass is 10.2. The molecule has 9 nitrogen and oxygen atoms in total. The lowest BCUT2D eigenvalue weighted by Gasteiger charge is -2.37. The van der Waals surface area contributed by atoms with Gasteiger partial charge in [-0.25, -0.2) is 14.4 Å². The van der Waals surface area contributed by atoms with Crippen molar-refractivity contribution in [2.75, 3.05) is 43.1 Å². The number of hydrogen-bond donors (Lipinski definition) is 3. The molecule has 4 aromatic rings. The normalized spacial score (nSPS) is 14.8. The summed E-state index contributed by atoms with van der Waals surface area (Å²) >= 11 is 0. The first-order valence-electron chi connectivity index (χ1n) is 12.1. The number of ether oxygens (including phenoxy) is 1. The molecule has 1 aliphatic heterocycles. The minimum absolute atomic E-state index is 0.0521. The molecular weight excluding hydrogens is 471 g/mol. The van der Waals surface area contributed by atoms with Crippen molar-refractivity contribution in [2.24, 2.45) is 9.98 Å². The molecule has 0 spiro atoms. The number of nitrogens with one attached hydrogen (secondary N) is 3. The number of halogens is 1. The number of aryl methyl sites for hydroxylation is 1. The van der Waals surface area contributed by atoms with Crippen molar-refractivity contribution in [2.45, 2.75) is 6.92 Å². The Hall–Kier alpha value is -4.60. The fraction of sp³-hybridized carbons (Fsp3) is 0.222. The average molecular weight is 501 g/mol. The monoisotopic (exact) mass is 500 g/mol. The zero-order valence-electron chi connectivity index (χ0n) is 20.6. The minimum Gasteiger partial charge on any atom is -0.468 e. The Bertz CT molecular complexity index is 1420. The third-order valence-corrected chi connectivity index (χ3v) is 6.20. The van der Waals surface area contributed by atoms with Gasteiger partial charge < -0.3 is 24.8 Å². The van der Waals surface area contributed by atoms with E-state index >= 15 is 0 Å². The van der Waals surface area contributed by atoms with Crippen LogP contribution in [-0.2, 0) is 0 Å². The van der Waals surface area contributed by atoms with Crippen LogP contribution in [0.2, 0.25) is 0 Å². The first-order valence-corrected chi connectivity index (χ1v) is 12.1. The Morgan fingerprint density at radius 3 is 2.70 bits per heavy atom. The highest BCUT2D eigenvalue weighted by Crippen LogP contribution is 2.25. The van der Waals surface area contributed by atoms with Crippen molar-refractivity contribution < 1.29 is 9.13 Å². The third-order valence-electron chi connectivity index (χ3n) is 6.20. The molecule has 190 valence electrons. The summed E-state index contributed by atoms with van der Waals surface area (Å²) in [6.45, 7) is 8.73. The second-order valence-corrected chi connectivity index (χ2v) is 8.66. The van der Waals surface area contributed by atoms with E-state index in [1.165, 1.54) is 5.69 Å². The number of piperazine rings is 1. The van der Waals surface area contributed by atoms with Crippen LogP contribution in [0.25, 0.3) is 10.9 Å². The molecule has 2 aromatic heterocycles. The number of aliphatic imine (C=N–C) groups is 2. The van der Waals surface area contributed by atoms with Gasteiger partial charge in [0.1, 0.15) is 11.7 Å². The molecule has 1 aliphatic rings. The van der Waals surface area contributed by atoms with Gasteiger partial charge in [-0.1, -0.05) is 18.2 Å². The summed E-state index contributed by atoms with van der Waals surface area (Å²) in [5.74, 6) is 1.53. The smallest absolute Gasteiger partial charge is 0.181 e. The zero-order chi connectivity index (χ0) is 25.6. The number of rotatable bonds is 8. The second-order valence-electron chi connectivity index (χ2n) is 8.66. The van der Waals surface area contributed by atoms with E-state index < -0.39 is 5.82 Å². The van der Waals surface area contributed by atoms with Gasteiger partial charge in [0.05, 0.1) is 0 Å². The molecular formula is C27H29FN8O. The lowest BCUT2D eigenvalue weighted by molar-refractivity contribution is 0.309. The van der Waals surface area contributed by atoms with E-state index in [4.69, 9.17) is 4.74 Å². The van der Waals surface area contributed by atoms with E-state index in [2.05, 4.69) is 59.1 Å². The summed E-state index contributed by atoms with van der Waals surface area (Å²) in [6.07, 6.45) is 3.51. The minimum atomic E-state index is -0.411. The molecule has 0 unspecified atom stereocenters. The fourth-order valence-electron chi connectivity index (χ4n) is 4.28.